The van der Waals surface area contributed by atoms with Gasteiger partial charge in [0.15, 0.2) is 11.6 Å². The highest BCUT2D eigenvalue weighted by Crippen LogP contribution is 2.25. The Balaban J connectivity index is 1.69. The highest BCUT2D eigenvalue weighted by molar-refractivity contribution is 6.30. The van der Waals surface area contributed by atoms with Crippen molar-refractivity contribution >= 4 is 17.4 Å². The van der Waals surface area contributed by atoms with Gasteiger partial charge in [-0.2, -0.15) is 0 Å². The summed E-state index contributed by atoms with van der Waals surface area (Å²) in [6.45, 7) is 4.66. The van der Waals surface area contributed by atoms with E-state index in [1.54, 1.807) is 0 Å². The number of nitrogens with zero attached hydrogens (tertiary/aromatic N) is 4. The van der Waals surface area contributed by atoms with Gasteiger partial charge < -0.3 is 10.0 Å². The number of piperazine rings is 1. The number of hydrogen-bond acceptors (Lipinski definition) is 5. The van der Waals surface area contributed by atoms with Gasteiger partial charge >= 0.3 is 0 Å². The number of aliphatic hydroxyl groups is 1. The van der Waals surface area contributed by atoms with Gasteiger partial charge in [-0.25, -0.2) is 14.4 Å². The molecule has 1 aliphatic rings. The van der Waals surface area contributed by atoms with Crippen molar-refractivity contribution in [3.8, 4) is 0 Å². The molecule has 1 saturated heterocycles. The fraction of sp³-hybridized carbons (Fsp3) is 0.444. The molecule has 3 rings (SSSR count). The second-order valence-corrected chi connectivity index (χ2v) is 6.52. The lowest BCUT2D eigenvalue weighted by atomic mass is 10.1. The van der Waals surface area contributed by atoms with E-state index in [1.165, 1.54) is 6.33 Å². The maximum Gasteiger partial charge on any atom is 0.187 e. The zero-order valence-corrected chi connectivity index (χ0v) is 15.0. The van der Waals surface area contributed by atoms with Gasteiger partial charge in [0.25, 0.3) is 0 Å². The van der Waals surface area contributed by atoms with Crippen LogP contribution in [0.25, 0.3) is 0 Å². The highest BCUT2D eigenvalue weighted by atomic mass is 35.5. The molecule has 1 N–H and O–H groups in total. The summed E-state index contributed by atoms with van der Waals surface area (Å²) in [5.41, 5.74) is 1.48. The van der Waals surface area contributed by atoms with Crippen LogP contribution in [-0.4, -0.2) is 52.8 Å². The van der Waals surface area contributed by atoms with Crippen LogP contribution in [-0.2, 0) is 6.42 Å². The van der Waals surface area contributed by atoms with Crippen molar-refractivity contribution in [2.24, 2.45) is 0 Å². The van der Waals surface area contributed by atoms with Crippen molar-refractivity contribution in [2.45, 2.75) is 19.4 Å². The lowest BCUT2D eigenvalue weighted by Gasteiger charge is -2.39. The predicted octanol–water partition coefficient (Wildman–Crippen LogP) is 2.69. The quantitative estimate of drug-likeness (QED) is 0.884. The Bertz CT molecular complexity index is 705. The molecule has 0 radical (unpaired) electrons. The molecule has 1 atom stereocenters. The van der Waals surface area contributed by atoms with E-state index in [1.807, 2.05) is 36.1 Å². The monoisotopic (exact) mass is 364 g/mol. The molecular formula is C18H22ClFN4O. The molecule has 1 aliphatic heterocycles. The number of aryl methyl sites for hydroxylation is 1. The van der Waals surface area contributed by atoms with E-state index in [0.717, 1.165) is 18.7 Å². The van der Waals surface area contributed by atoms with Crippen LogP contribution < -0.4 is 4.90 Å². The van der Waals surface area contributed by atoms with E-state index in [9.17, 15) is 9.50 Å². The van der Waals surface area contributed by atoms with Gasteiger partial charge in [0.2, 0.25) is 0 Å². The summed E-state index contributed by atoms with van der Waals surface area (Å²) >= 11 is 5.94. The Hall–Kier alpha value is -1.76. The third-order valence-electron chi connectivity index (χ3n) is 4.66. The van der Waals surface area contributed by atoms with Gasteiger partial charge in [0.1, 0.15) is 6.33 Å². The first-order valence-electron chi connectivity index (χ1n) is 8.48. The van der Waals surface area contributed by atoms with Crippen LogP contribution in [0, 0.1) is 5.82 Å². The maximum absolute atomic E-state index is 14.4. The number of hydrogen-bond donors (Lipinski definition) is 1. The van der Waals surface area contributed by atoms with Crippen LogP contribution in [0.1, 0.15) is 24.2 Å². The molecular weight excluding hydrogens is 343 g/mol. The molecule has 1 aromatic heterocycles. The molecule has 0 aliphatic carbocycles. The van der Waals surface area contributed by atoms with Gasteiger partial charge in [-0.05, 0) is 24.1 Å². The first-order chi connectivity index (χ1) is 12.1. The van der Waals surface area contributed by atoms with Gasteiger partial charge in [0.05, 0.1) is 18.3 Å². The molecule has 134 valence electrons. The third kappa shape index (κ3) is 3.92. The van der Waals surface area contributed by atoms with Crippen LogP contribution in [0.4, 0.5) is 10.2 Å². The molecule has 1 aromatic carbocycles. The van der Waals surface area contributed by atoms with Crippen molar-refractivity contribution in [1.29, 1.82) is 0 Å². The number of rotatable bonds is 5. The average molecular weight is 365 g/mol. The second kappa shape index (κ2) is 8.08. The van der Waals surface area contributed by atoms with Gasteiger partial charge in [0, 0.05) is 31.2 Å². The first-order valence-corrected chi connectivity index (χ1v) is 8.86. The minimum absolute atomic E-state index is 0.0312. The number of anilines is 1. The average Bonchev–Trinajstić information content (AvgIpc) is 2.65. The maximum atomic E-state index is 14.4. The second-order valence-electron chi connectivity index (χ2n) is 6.08. The fourth-order valence-corrected chi connectivity index (χ4v) is 3.35. The van der Waals surface area contributed by atoms with Gasteiger partial charge in [-0.15, -0.1) is 0 Å². The lowest BCUT2D eigenvalue weighted by Crippen LogP contribution is -2.49. The first kappa shape index (κ1) is 18.0. The van der Waals surface area contributed by atoms with E-state index >= 15 is 0 Å². The smallest absolute Gasteiger partial charge is 0.187 e. The number of aromatic nitrogens is 2. The molecule has 1 fully saturated rings. The van der Waals surface area contributed by atoms with E-state index in [2.05, 4.69) is 14.9 Å². The SMILES string of the molecule is CCc1ncnc(N2CCN(C(CO)c3ccc(Cl)cc3)CC2)c1F. The lowest BCUT2D eigenvalue weighted by molar-refractivity contribution is 0.117. The molecule has 0 spiro atoms. The van der Waals surface area contributed by atoms with Crippen LogP contribution >= 0.6 is 11.6 Å². The Morgan fingerprint density at radius 3 is 2.44 bits per heavy atom. The summed E-state index contributed by atoms with van der Waals surface area (Å²) in [5, 5.41) is 10.5. The Kier molecular flexibility index (Phi) is 5.83. The summed E-state index contributed by atoms with van der Waals surface area (Å²) in [5.74, 6) is 0.0494. The molecule has 5 nitrogen and oxygen atoms in total. The summed E-state index contributed by atoms with van der Waals surface area (Å²) < 4.78 is 14.4. The molecule has 1 unspecified atom stereocenters. The van der Waals surface area contributed by atoms with E-state index in [-0.39, 0.29) is 18.5 Å². The molecule has 7 heteroatoms. The Labute approximate surface area is 152 Å². The summed E-state index contributed by atoms with van der Waals surface area (Å²) in [6, 6.07) is 7.46. The molecule has 2 heterocycles. The van der Waals surface area contributed by atoms with Crippen molar-refractivity contribution in [3.63, 3.8) is 0 Å². The largest absolute Gasteiger partial charge is 0.394 e. The minimum Gasteiger partial charge on any atom is -0.394 e. The summed E-state index contributed by atoms with van der Waals surface area (Å²) in [7, 11) is 0. The van der Waals surface area contributed by atoms with Crippen molar-refractivity contribution in [1.82, 2.24) is 14.9 Å². The van der Waals surface area contributed by atoms with E-state index in [0.29, 0.717) is 36.0 Å². The van der Waals surface area contributed by atoms with Crippen molar-refractivity contribution < 1.29 is 9.50 Å². The van der Waals surface area contributed by atoms with E-state index < -0.39 is 0 Å². The minimum atomic E-state index is -0.324. The topological polar surface area (TPSA) is 52.5 Å². The standard InChI is InChI=1S/C18H22ClFN4O/c1-2-15-17(20)18(22-12-21-15)24-9-7-23(8-10-24)16(11-25)13-3-5-14(19)6-4-13/h3-6,12,16,25H,2,7-11H2,1H3. The summed E-state index contributed by atoms with van der Waals surface area (Å²) in [4.78, 5) is 12.3. The molecule has 0 amide bonds. The van der Waals surface area contributed by atoms with Crippen LogP contribution in [0.15, 0.2) is 30.6 Å². The third-order valence-corrected chi connectivity index (χ3v) is 4.91. The Morgan fingerprint density at radius 2 is 1.84 bits per heavy atom. The molecule has 2 aromatic rings. The molecule has 0 bridgehead atoms. The van der Waals surface area contributed by atoms with Crippen LogP contribution in [0.2, 0.25) is 5.02 Å². The fourth-order valence-electron chi connectivity index (χ4n) is 3.22. The Morgan fingerprint density at radius 1 is 1.16 bits per heavy atom. The predicted molar refractivity (Wildman–Crippen MR) is 96.4 cm³/mol. The van der Waals surface area contributed by atoms with Crippen LogP contribution in [0.5, 0.6) is 0 Å². The zero-order valence-electron chi connectivity index (χ0n) is 14.2. The summed E-state index contributed by atoms with van der Waals surface area (Å²) in [6.07, 6.45) is 1.97. The number of benzene rings is 1. The van der Waals surface area contributed by atoms with Crippen molar-refractivity contribution in [2.75, 3.05) is 37.7 Å². The van der Waals surface area contributed by atoms with Gasteiger partial charge in [-0.1, -0.05) is 30.7 Å². The molecule has 0 saturated carbocycles. The van der Waals surface area contributed by atoms with Crippen LogP contribution in [0.3, 0.4) is 0 Å². The highest BCUT2D eigenvalue weighted by Gasteiger charge is 2.27. The normalized spacial score (nSPS) is 16.9. The number of halogens is 2. The van der Waals surface area contributed by atoms with Gasteiger partial charge in [-0.3, -0.25) is 4.90 Å². The van der Waals surface area contributed by atoms with E-state index in [4.69, 9.17) is 11.6 Å². The number of aliphatic hydroxyl groups excluding tert-OH is 1. The van der Waals surface area contributed by atoms with Crippen molar-refractivity contribution in [3.05, 3.63) is 52.7 Å². The zero-order chi connectivity index (χ0) is 17.8. The molecule has 25 heavy (non-hydrogen) atoms.